The van der Waals surface area contributed by atoms with E-state index in [0.29, 0.717) is 46.0 Å². The van der Waals surface area contributed by atoms with Crippen LogP contribution in [0.5, 0.6) is 11.5 Å². The van der Waals surface area contributed by atoms with Crippen LogP contribution >= 0.6 is 11.6 Å². The maximum atomic E-state index is 12.2. The number of nitrogens with zero attached hydrogens (tertiary/aromatic N) is 6. The number of ether oxygens (including phenoxy) is 1. The van der Waals surface area contributed by atoms with Crippen molar-refractivity contribution in [2.45, 2.75) is 0 Å². The lowest BCUT2D eigenvalue weighted by Crippen LogP contribution is -2.12. The van der Waals surface area contributed by atoms with Crippen molar-refractivity contribution in [1.29, 1.82) is 0 Å². The van der Waals surface area contributed by atoms with Gasteiger partial charge in [0.1, 0.15) is 35.8 Å². The number of fused-ring (bicyclic) bond motifs is 1. The van der Waals surface area contributed by atoms with Crippen LogP contribution in [0, 0.1) is 0 Å². The Hall–Kier alpha value is -5.00. The minimum absolute atomic E-state index is 0.195. The average molecular weight is 556 g/mol. The Balaban J connectivity index is 1.21. The lowest BCUT2D eigenvalue weighted by Gasteiger charge is -2.12. The number of pyridine rings is 1. The predicted molar refractivity (Wildman–Crippen MR) is 156 cm³/mol. The summed E-state index contributed by atoms with van der Waals surface area (Å²) in [4.78, 5) is 26.9. The number of rotatable bonds is 10. The van der Waals surface area contributed by atoms with Crippen LogP contribution in [0.2, 0.25) is 5.02 Å². The first-order valence-electron chi connectivity index (χ1n) is 12.3. The number of likely N-dealkylation sites (N-methyl/N-ethyl adjacent to an activating group) is 1. The zero-order valence-electron chi connectivity index (χ0n) is 21.7. The molecule has 0 bridgehead atoms. The van der Waals surface area contributed by atoms with Crippen molar-refractivity contribution in [2.24, 2.45) is 0 Å². The lowest BCUT2D eigenvalue weighted by atomic mass is 10.2. The van der Waals surface area contributed by atoms with Gasteiger partial charge in [0.25, 0.3) is 0 Å². The van der Waals surface area contributed by atoms with Gasteiger partial charge in [-0.25, -0.2) is 19.5 Å². The highest BCUT2D eigenvalue weighted by Crippen LogP contribution is 2.33. The Morgan fingerprint density at radius 3 is 2.50 bits per heavy atom. The highest BCUT2D eigenvalue weighted by atomic mass is 35.5. The fourth-order valence-electron chi connectivity index (χ4n) is 3.67. The third kappa shape index (κ3) is 7.10. The molecule has 3 N–H and O–H groups in total. The summed E-state index contributed by atoms with van der Waals surface area (Å²) in [6, 6.07) is 18.1. The molecule has 12 heteroatoms. The number of benzene rings is 2. The number of hydrogen-bond donors (Lipinski definition) is 3. The maximum absolute atomic E-state index is 12.2. The molecule has 2 aromatic carbocycles. The van der Waals surface area contributed by atoms with E-state index in [-0.39, 0.29) is 5.91 Å². The first-order valence-corrected chi connectivity index (χ1v) is 12.6. The second-order valence-corrected chi connectivity index (χ2v) is 9.35. The van der Waals surface area contributed by atoms with Crippen molar-refractivity contribution in [3.05, 3.63) is 96.7 Å². The van der Waals surface area contributed by atoms with Crippen molar-refractivity contribution < 1.29 is 9.53 Å². The lowest BCUT2D eigenvalue weighted by molar-refractivity contribution is -0.111. The van der Waals surface area contributed by atoms with Crippen LogP contribution < -0.4 is 20.7 Å². The summed E-state index contributed by atoms with van der Waals surface area (Å²) in [7, 11) is 3.88. The standard InChI is InChI=1S/C28H26ClN9O2/c1-37(2)11-4-7-28(39)36-20-6-3-5-19(13-20)34-25-16-26(31-17-30-25)35-21-8-9-24(23(29)14-21)40-22-10-12-38-27(15-22)32-18-33-38/h3-10,12-18H,11H2,1-2H3,(H,36,39)(H2,30,31,34,35). The van der Waals surface area contributed by atoms with Crippen LogP contribution in [0.4, 0.5) is 28.7 Å². The van der Waals surface area contributed by atoms with Gasteiger partial charge >= 0.3 is 0 Å². The fraction of sp³-hybridized carbons (Fsp3) is 0.107. The Morgan fingerprint density at radius 1 is 0.950 bits per heavy atom. The number of nitrogens with one attached hydrogen (secondary N) is 3. The van der Waals surface area contributed by atoms with Gasteiger partial charge in [-0.3, -0.25) is 4.79 Å². The summed E-state index contributed by atoms with van der Waals surface area (Å²) in [5, 5.41) is 13.8. The molecule has 40 heavy (non-hydrogen) atoms. The van der Waals surface area contributed by atoms with Gasteiger partial charge < -0.3 is 25.6 Å². The molecule has 0 aliphatic carbocycles. The summed E-state index contributed by atoms with van der Waals surface area (Å²) in [6.07, 6.45) is 8.01. The number of carbonyl (C=O) groups is 1. The van der Waals surface area contributed by atoms with E-state index in [1.807, 2.05) is 49.3 Å². The molecule has 0 saturated carbocycles. The summed E-state index contributed by atoms with van der Waals surface area (Å²) in [5.41, 5.74) is 2.81. The monoisotopic (exact) mass is 555 g/mol. The Labute approximate surface area is 235 Å². The maximum Gasteiger partial charge on any atom is 0.248 e. The largest absolute Gasteiger partial charge is 0.456 e. The first-order chi connectivity index (χ1) is 19.4. The molecule has 0 saturated heterocycles. The van der Waals surface area contributed by atoms with Gasteiger partial charge in [0.2, 0.25) is 5.91 Å². The smallest absolute Gasteiger partial charge is 0.248 e. The Morgan fingerprint density at radius 2 is 1.73 bits per heavy atom. The highest BCUT2D eigenvalue weighted by Gasteiger charge is 2.08. The average Bonchev–Trinajstić information content (AvgIpc) is 3.38. The van der Waals surface area contributed by atoms with Gasteiger partial charge in [-0.2, -0.15) is 5.10 Å². The minimum atomic E-state index is -0.195. The Bertz CT molecular complexity index is 1670. The molecule has 0 atom stereocenters. The fourth-order valence-corrected chi connectivity index (χ4v) is 3.89. The van der Waals surface area contributed by atoms with E-state index < -0.39 is 0 Å². The SMILES string of the molecule is CN(C)CC=CC(=O)Nc1cccc(Nc2cc(Nc3ccc(Oc4ccn5ncnc5c4)c(Cl)c3)ncn2)c1. The molecule has 5 rings (SSSR count). The van der Waals surface area contributed by atoms with Gasteiger partial charge in [-0.15, -0.1) is 0 Å². The van der Waals surface area contributed by atoms with Crippen molar-refractivity contribution >= 4 is 51.9 Å². The van der Waals surface area contributed by atoms with Crippen LogP contribution in [-0.2, 0) is 4.79 Å². The van der Waals surface area contributed by atoms with E-state index in [1.54, 1.807) is 47.1 Å². The summed E-state index contributed by atoms with van der Waals surface area (Å²) in [5.74, 6) is 2.04. The van der Waals surface area contributed by atoms with Crippen LogP contribution in [0.15, 0.2) is 91.7 Å². The molecular formula is C28H26ClN9O2. The molecule has 0 unspecified atom stereocenters. The molecule has 3 heterocycles. The molecule has 5 aromatic rings. The van der Waals surface area contributed by atoms with Crippen LogP contribution in [0.1, 0.15) is 0 Å². The van der Waals surface area contributed by atoms with Gasteiger partial charge in [-0.05, 0) is 56.6 Å². The molecule has 0 spiro atoms. The number of hydrogen-bond acceptors (Lipinski definition) is 9. The highest BCUT2D eigenvalue weighted by molar-refractivity contribution is 6.32. The molecular weight excluding hydrogens is 530 g/mol. The number of amides is 1. The second kappa shape index (κ2) is 12.2. The van der Waals surface area contributed by atoms with Gasteiger partial charge in [0, 0.05) is 48.0 Å². The number of anilines is 5. The van der Waals surface area contributed by atoms with E-state index in [4.69, 9.17) is 16.3 Å². The van der Waals surface area contributed by atoms with E-state index in [2.05, 4.69) is 36.0 Å². The van der Waals surface area contributed by atoms with E-state index >= 15 is 0 Å². The van der Waals surface area contributed by atoms with E-state index in [9.17, 15) is 4.79 Å². The Kier molecular flexibility index (Phi) is 8.14. The van der Waals surface area contributed by atoms with Crippen molar-refractivity contribution in [1.82, 2.24) is 29.5 Å². The zero-order chi connectivity index (χ0) is 27.9. The van der Waals surface area contributed by atoms with Gasteiger partial charge in [0.05, 0.1) is 5.02 Å². The van der Waals surface area contributed by atoms with Crippen molar-refractivity contribution in [2.75, 3.05) is 36.6 Å². The van der Waals surface area contributed by atoms with Crippen LogP contribution in [-0.4, -0.2) is 56.0 Å². The molecule has 0 fully saturated rings. The third-order valence-corrected chi connectivity index (χ3v) is 5.79. The number of carbonyl (C=O) groups excluding carboxylic acids is 1. The van der Waals surface area contributed by atoms with Crippen molar-refractivity contribution in [3.63, 3.8) is 0 Å². The van der Waals surface area contributed by atoms with Crippen LogP contribution in [0.3, 0.4) is 0 Å². The van der Waals surface area contributed by atoms with E-state index in [0.717, 1.165) is 11.4 Å². The first kappa shape index (κ1) is 26.6. The molecule has 0 aliphatic rings. The minimum Gasteiger partial charge on any atom is -0.456 e. The third-order valence-electron chi connectivity index (χ3n) is 5.49. The second-order valence-electron chi connectivity index (χ2n) is 8.95. The van der Waals surface area contributed by atoms with Gasteiger partial charge in [-0.1, -0.05) is 23.7 Å². The van der Waals surface area contributed by atoms with Crippen molar-refractivity contribution in [3.8, 4) is 11.5 Å². The van der Waals surface area contributed by atoms with Crippen LogP contribution in [0.25, 0.3) is 5.65 Å². The van der Waals surface area contributed by atoms with Gasteiger partial charge in [0.15, 0.2) is 5.65 Å². The van der Waals surface area contributed by atoms with E-state index in [1.165, 1.54) is 18.7 Å². The molecule has 11 nitrogen and oxygen atoms in total. The topological polar surface area (TPSA) is 122 Å². The molecule has 0 radical (unpaired) electrons. The normalized spacial score (nSPS) is 11.2. The summed E-state index contributed by atoms with van der Waals surface area (Å²) < 4.78 is 7.58. The molecule has 202 valence electrons. The quantitative estimate of drug-likeness (QED) is 0.191. The summed E-state index contributed by atoms with van der Waals surface area (Å²) in [6.45, 7) is 0.685. The molecule has 1 amide bonds. The molecule has 0 aliphatic heterocycles. The predicted octanol–water partition coefficient (Wildman–Crippen LogP) is 5.51. The summed E-state index contributed by atoms with van der Waals surface area (Å²) >= 11 is 6.49. The number of halogens is 1. The number of aromatic nitrogens is 5. The molecule has 3 aromatic heterocycles. The zero-order valence-corrected chi connectivity index (χ0v) is 22.5.